The molecule has 3 N–H and O–H groups in total. The van der Waals surface area contributed by atoms with Crippen LogP contribution in [0.5, 0.6) is 0 Å². The second-order valence-corrected chi connectivity index (χ2v) is 6.02. The van der Waals surface area contributed by atoms with Crippen LogP contribution in [0.4, 0.5) is 4.39 Å². The second-order valence-electron chi connectivity index (χ2n) is 4.91. The second kappa shape index (κ2) is 5.93. The van der Waals surface area contributed by atoms with Crippen LogP contribution >= 0.6 is 11.3 Å². The lowest BCUT2D eigenvalue weighted by atomic mass is 10.2. The maximum Gasteiger partial charge on any atom is 0.132 e. The Labute approximate surface area is 126 Å². The van der Waals surface area contributed by atoms with Crippen molar-refractivity contribution in [3.8, 4) is 0 Å². The molecule has 0 bridgehead atoms. The van der Waals surface area contributed by atoms with Gasteiger partial charge in [-0.3, -0.25) is 5.84 Å². The molecule has 21 heavy (non-hydrogen) atoms. The number of rotatable bonds is 5. The number of fused-ring (bicyclic) bond motifs is 1. The summed E-state index contributed by atoms with van der Waals surface area (Å²) in [5.74, 6) is 6.40. The molecule has 1 unspecified atom stereocenters. The molecule has 2 aromatic heterocycles. The van der Waals surface area contributed by atoms with Crippen molar-refractivity contribution in [3.63, 3.8) is 0 Å². The van der Waals surface area contributed by atoms with Crippen molar-refractivity contribution >= 4 is 21.4 Å². The zero-order chi connectivity index (χ0) is 14.8. The van der Waals surface area contributed by atoms with Gasteiger partial charge < -0.3 is 4.57 Å². The summed E-state index contributed by atoms with van der Waals surface area (Å²) >= 11 is 1.60. The van der Waals surface area contributed by atoms with E-state index >= 15 is 0 Å². The summed E-state index contributed by atoms with van der Waals surface area (Å²) < 4.78 is 16.4. The maximum atomic E-state index is 13.3. The largest absolute Gasteiger partial charge is 0.333 e. The molecule has 3 aromatic rings. The minimum atomic E-state index is -0.225. The van der Waals surface area contributed by atoms with Crippen molar-refractivity contribution in [2.24, 2.45) is 5.84 Å². The van der Waals surface area contributed by atoms with Crippen LogP contribution in [0, 0.1) is 5.82 Å². The Balaban J connectivity index is 2.03. The highest BCUT2D eigenvalue weighted by molar-refractivity contribution is 7.19. The van der Waals surface area contributed by atoms with Gasteiger partial charge in [0.15, 0.2) is 0 Å². The predicted molar refractivity (Wildman–Crippen MR) is 83.5 cm³/mol. The summed E-state index contributed by atoms with van der Waals surface area (Å²) in [6, 6.07) is 6.60. The van der Waals surface area contributed by atoms with Gasteiger partial charge in [-0.05, 0) is 36.1 Å². The monoisotopic (exact) mass is 304 g/mol. The number of thiophene rings is 1. The van der Waals surface area contributed by atoms with Gasteiger partial charge in [0.1, 0.15) is 17.7 Å². The molecule has 4 nitrogen and oxygen atoms in total. The molecule has 1 aromatic carbocycles. The summed E-state index contributed by atoms with van der Waals surface area (Å²) in [4.78, 5) is 5.45. The van der Waals surface area contributed by atoms with Crippen LogP contribution < -0.4 is 11.3 Å². The molecular formula is C15H17FN4S. The Kier molecular flexibility index (Phi) is 4.01. The van der Waals surface area contributed by atoms with E-state index in [0.717, 1.165) is 33.8 Å². The molecule has 0 aliphatic heterocycles. The molecule has 0 spiro atoms. The number of aromatic nitrogens is 2. The van der Waals surface area contributed by atoms with Crippen LogP contribution in [0.1, 0.15) is 30.1 Å². The van der Waals surface area contributed by atoms with Gasteiger partial charge in [0.2, 0.25) is 0 Å². The predicted octanol–water partition coefficient (Wildman–Crippen LogP) is 3.20. The first-order valence-corrected chi connectivity index (χ1v) is 7.70. The highest BCUT2D eigenvalue weighted by Crippen LogP contribution is 2.32. The SMILES string of the molecule is CCCn1ccnc1C(NN)c1cc2cc(F)ccc2s1. The van der Waals surface area contributed by atoms with E-state index in [-0.39, 0.29) is 11.9 Å². The Morgan fingerprint density at radius 3 is 3.05 bits per heavy atom. The van der Waals surface area contributed by atoms with Crippen molar-refractivity contribution in [3.05, 3.63) is 53.2 Å². The third-order valence-electron chi connectivity index (χ3n) is 3.42. The molecule has 6 heteroatoms. The zero-order valence-corrected chi connectivity index (χ0v) is 12.5. The van der Waals surface area contributed by atoms with E-state index in [1.165, 1.54) is 6.07 Å². The molecule has 0 aliphatic rings. The van der Waals surface area contributed by atoms with Crippen LogP contribution in [-0.4, -0.2) is 9.55 Å². The minimum absolute atomic E-state index is 0.188. The highest BCUT2D eigenvalue weighted by Gasteiger charge is 2.20. The Morgan fingerprint density at radius 2 is 2.29 bits per heavy atom. The first kappa shape index (κ1) is 14.2. The van der Waals surface area contributed by atoms with Crippen molar-refractivity contribution in [2.75, 3.05) is 0 Å². The van der Waals surface area contributed by atoms with Gasteiger partial charge >= 0.3 is 0 Å². The van der Waals surface area contributed by atoms with E-state index in [0.29, 0.717) is 0 Å². The zero-order valence-electron chi connectivity index (χ0n) is 11.7. The summed E-state index contributed by atoms with van der Waals surface area (Å²) in [6.07, 6.45) is 4.76. The number of hydrogen-bond donors (Lipinski definition) is 2. The van der Waals surface area contributed by atoms with Crippen LogP contribution in [0.15, 0.2) is 36.7 Å². The third kappa shape index (κ3) is 2.70. The van der Waals surface area contributed by atoms with E-state index in [2.05, 4.69) is 21.9 Å². The number of nitrogens with zero attached hydrogens (tertiary/aromatic N) is 2. The standard InChI is InChI=1S/C15H17FN4S/c1-2-6-20-7-5-18-15(20)14(19-17)13-9-10-8-11(16)3-4-12(10)21-13/h3-5,7-9,14,19H,2,6,17H2,1H3. The van der Waals surface area contributed by atoms with E-state index in [9.17, 15) is 4.39 Å². The fourth-order valence-corrected chi connectivity index (χ4v) is 3.57. The van der Waals surface area contributed by atoms with Crippen LogP contribution in [-0.2, 0) is 6.54 Å². The van der Waals surface area contributed by atoms with Crippen molar-refractivity contribution in [2.45, 2.75) is 25.9 Å². The van der Waals surface area contributed by atoms with Crippen molar-refractivity contribution in [1.82, 2.24) is 15.0 Å². The molecular weight excluding hydrogens is 287 g/mol. The normalized spacial score (nSPS) is 12.9. The number of hydrogen-bond acceptors (Lipinski definition) is 4. The smallest absolute Gasteiger partial charge is 0.132 e. The molecule has 0 radical (unpaired) electrons. The first-order chi connectivity index (χ1) is 10.2. The summed E-state index contributed by atoms with van der Waals surface area (Å²) in [6.45, 7) is 3.02. The molecule has 0 amide bonds. The van der Waals surface area contributed by atoms with Gasteiger partial charge in [-0.15, -0.1) is 11.3 Å². The molecule has 0 fully saturated rings. The summed E-state index contributed by atoms with van der Waals surface area (Å²) in [7, 11) is 0. The number of nitrogens with one attached hydrogen (secondary N) is 1. The van der Waals surface area contributed by atoms with Gasteiger partial charge in [-0.2, -0.15) is 0 Å². The van der Waals surface area contributed by atoms with Crippen LogP contribution in [0.25, 0.3) is 10.1 Å². The molecule has 1 atom stereocenters. The molecule has 3 rings (SSSR count). The first-order valence-electron chi connectivity index (χ1n) is 6.89. The molecule has 0 saturated carbocycles. The van der Waals surface area contributed by atoms with Gasteiger partial charge in [0.25, 0.3) is 0 Å². The van der Waals surface area contributed by atoms with E-state index in [1.54, 1.807) is 29.7 Å². The minimum Gasteiger partial charge on any atom is -0.333 e. The van der Waals surface area contributed by atoms with Crippen molar-refractivity contribution in [1.29, 1.82) is 0 Å². The topological polar surface area (TPSA) is 55.9 Å². The molecule has 2 heterocycles. The molecule has 110 valence electrons. The quantitative estimate of drug-likeness (QED) is 0.562. The van der Waals surface area contributed by atoms with Gasteiger partial charge in [0, 0.05) is 28.5 Å². The number of aryl methyl sites for hydroxylation is 1. The molecule has 0 aliphatic carbocycles. The van der Waals surface area contributed by atoms with Gasteiger partial charge in [-0.1, -0.05) is 6.92 Å². The van der Waals surface area contributed by atoms with E-state index in [1.807, 2.05) is 12.3 Å². The third-order valence-corrected chi connectivity index (χ3v) is 4.60. The maximum absolute atomic E-state index is 13.3. The lowest BCUT2D eigenvalue weighted by Crippen LogP contribution is -2.30. The fourth-order valence-electron chi connectivity index (χ4n) is 2.47. The average molecular weight is 304 g/mol. The van der Waals surface area contributed by atoms with E-state index in [4.69, 9.17) is 5.84 Å². The number of imidazole rings is 1. The lowest BCUT2D eigenvalue weighted by Gasteiger charge is -2.15. The summed E-state index contributed by atoms with van der Waals surface area (Å²) in [5.41, 5.74) is 2.83. The van der Waals surface area contributed by atoms with Crippen LogP contribution in [0.3, 0.4) is 0 Å². The Bertz CT molecular complexity index is 749. The number of halogens is 1. The fraction of sp³-hybridized carbons (Fsp3) is 0.267. The van der Waals surface area contributed by atoms with Crippen LogP contribution in [0.2, 0.25) is 0 Å². The number of benzene rings is 1. The number of hydrazine groups is 1. The lowest BCUT2D eigenvalue weighted by molar-refractivity contribution is 0.551. The number of nitrogens with two attached hydrogens (primary N) is 1. The van der Waals surface area contributed by atoms with E-state index < -0.39 is 0 Å². The van der Waals surface area contributed by atoms with Crippen molar-refractivity contribution < 1.29 is 4.39 Å². The summed E-state index contributed by atoms with van der Waals surface area (Å²) in [5, 5.41) is 0.892. The Hall–Kier alpha value is -1.76. The van der Waals surface area contributed by atoms with Gasteiger partial charge in [-0.25, -0.2) is 14.8 Å². The average Bonchev–Trinajstić information content (AvgIpc) is 3.07. The Morgan fingerprint density at radius 1 is 1.43 bits per heavy atom. The highest BCUT2D eigenvalue weighted by atomic mass is 32.1. The van der Waals surface area contributed by atoms with Gasteiger partial charge in [0.05, 0.1) is 0 Å². The molecule has 0 saturated heterocycles.